The highest BCUT2D eigenvalue weighted by Gasteiger charge is 2.55. The van der Waals surface area contributed by atoms with Crippen LogP contribution in [0.2, 0.25) is 0 Å². The minimum Gasteiger partial charge on any atom is -0.511 e. The number of carbonyl (C=O) groups is 8. The molecular formula is C43H48O16. The van der Waals surface area contributed by atoms with Crippen LogP contribution in [-0.2, 0) is 48.0 Å². The molecule has 16 nitrogen and oxygen atoms in total. The number of aliphatic hydroxyl groups is 2. The summed E-state index contributed by atoms with van der Waals surface area (Å²) in [5.41, 5.74) is -9.15. The van der Waals surface area contributed by atoms with E-state index in [1.807, 2.05) is 0 Å². The Labute approximate surface area is 338 Å². The summed E-state index contributed by atoms with van der Waals surface area (Å²) in [5.74, 6) is -19.2. The molecule has 0 bridgehead atoms. The fourth-order valence-corrected chi connectivity index (χ4v) is 7.74. The molecule has 59 heavy (non-hydrogen) atoms. The molecule has 2 aliphatic rings. The summed E-state index contributed by atoms with van der Waals surface area (Å²) in [5, 5.41) is 91.8. The first-order valence-corrected chi connectivity index (χ1v) is 18.9. The van der Waals surface area contributed by atoms with Crippen molar-refractivity contribution >= 4 is 46.3 Å². The number of phenols is 6. The maximum atomic E-state index is 13.6. The van der Waals surface area contributed by atoms with Crippen LogP contribution in [0.4, 0.5) is 0 Å². The number of ketones is 8. The standard InChI is InChI=1S/C43H48O16/c1-9-11-24(46)28-32(50)18(30(48)20(34(28)52)14-22-36(54)26(16(3)44)40(58)42(5,6)38(22)56)13-19-31(49)21(35(53)29(33(19)51)25(47)12-10-2)15-23-37(55)27(17(4)45)41(59)43(7,8)39(23)57/h22,26,48-53,55,57H,9-15H2,1-8H3/t22-,26-/m0/s1. The third-order valence-corrected chi connectivity index (χ3v) is 11.3. The molecule has 0 amide bonds. The van der Waals surface area contributed by atoms with Crippen molar-refractivity contribution in [1.82, 2.24) is 0 Å². The van der Waals surface area contributed by atoms with Crippen molar-refractivity contribution in [1.29, 1.82) is 0 Å². The Bertz CT molecular complexity index is 2330. The van der Waals surface area contributed by atoms with Gasteiger partial charge in [-0.3, -0.25) is 38.4 Å². The van der Waals surface area contributed by atoms with Gasteiger partial charge in [-0.05, 0) is 60.8 Å². The van der Waals surface area contributed by atoms with Crippen LogP contribution in [0.3, 0.4) is 0 Å². The van der Waals surface area contributed by atoms with Crippen molar-refractivity contribution in [3.63, 3.8) is 0 Å². The number of hydrogen-bond donors (Lipinski definition) is 8. The molecule has 4 rings (SSSR count). The quantitative estimate of drug-likeness (QED) is 0.0710. The van der Waals surface area contributed by atoms with Crippen molar-refractivity contribution < 1.29 is 79.2 Å². The third kappa shape index (κ3) is 7.36. The number of phenolic OH excluding ortho intramolecular Hbond substituents is 6. The molecule has 2 aromatic carbocycles. The lowest BCUT2D eigenvalue weighted by Gasteiger charge is -2.35. The summed E-state index contributed by atoms with van der Waals surface area (Å²) in [4.78, 5) is 105. The van der Waals surface area contributed by atoms with Crippen molar-refractivity contribution in [2.45, 2.75) is 100 Å². The zero-order valence-corrected chi connectivity index (χ0v) is 33.9. The Kier molecular flexibility index (Phi) is 12.4. The summed E-state index contributed by atoms with van der Waals surface area (Å²) >= 11 is 0. The van der Waals surface area contributed by atoms with Crippen LogP contribution in [-0.4, -0.2) is 87.1 Å². The molecule has 0 radical (unpaired) electrons. The van der Waals surface area contributed by atoms with Gasteiger partial charge in [0.2, 0.25) is 0 Å². The number of carbonyl (C=O) groups excluding carboxylic acids is 8. The highest BCUT2D eigenvalue weighted by molar-refractivity contribution is 6.33. The highest BCUT2D eigenvalue weighted by Crippen LogP contribution is 2.51. The summed E-state index contributed by atoms with van der Waals surface area (Å²) < 4.78 is 0. The van der Waals surface area contributed by atoms with E-state index in [0.717, 1.165) is 13.8 Å². The zero-order valence-electron chi connectivity index (χ0n) is 33.9. The van der Waals surface area contributed by atoms with Crippen LogP contribution in [0.1, 0.15) is 124 Å². The Hall–Kier alpha value is -6.32. The average Bonchev–Trinajstić information content (AvgIpc) is 3.13. The van der Waals surface area contributed by atoms with Gasteiger partial charge < -0.3 is 40.9 Å². The highest BCUT2D eigenvalue weighted by atomic mass is 16.3. The molecule has 1 fully saturated rings. The van der Waals surface area contributed by atoms with E-state index in [1.165, 1.54) is 27.7 Å². The average molecular weight is 821 g/mol. The van der Waals surface area contributed by atoms with Gasteiger partial charge in [0.25, 0.3) is 0 Å². The van der Waals surface area contributed by atoms with E-state index in [0.29, 0.717) is 0 Å². The Morgan fingerprint density at radius 1 is 0.576 bits per heavy atom. The molecule has 0 spiro atoms. The van der Waals surface area contributed by atoms with Gasteiger partial charge in [0.1, 0.15) is 74.4 Å². The normalized spacial score (nSPS) is 19.1. The molecule has 2 atom stereocenters. The Morgan fingerprint density at radius 2 is 1.00 bits per heavy atom. The number of aromatic hydroxyl groups is 6. The van der Waals surface area contributed by atoms with E-state index in [9.17, 15) is 79.2 Å². The second-order valence-corrected chi connectivity index (χ2v) is 16.1. The van der Waals surface area contributed by atoms with E-state index < -0.39 is 179 Å². The fourth-order valence-electron chi connectivity index (χ4n) is 7.74. The number of hydrogen-bond acceptors (Lipinski definition) is 16. The van der Waals surface area contributed by atoms with Crippen molar-refractivity contribution in [2.24, 2.45) is 22.7 Å². The van der Waals surface area contributed by atoms with Gasteiger partial charge in [-0.25, -0.2) is 0 Å². The molecule has 0 heterocycles. The van der Waals surface area contributed by atoms with Gasteiger partial charge in [0, 0.05) is 53.5 Å². The smallest absolute Gasteiger partial charge is 0.183 e. The maximum absolute atomic E-state index is 13.6. The monoisotopic (exact) mass is 820 g/mol. The molecule has 1 saturated carbocycles. The largest absolute Gasteiger partial charge is 0.511 e. The van der Waals surface area contributed by atoms with Crippen molar-refractivity contribution in [2.75, 3.05) is 0 Å². The first kappa shape index (κ1) is 45.4. The maximum Gasteiger partial charge on any atom is 0.183 e. The lowest BCUT2D eigenvalue weighted by Crippen LogP contribution is -2.55. The lowest BCUT2D eigenvalue weighted by atomic mass is 9.62. The van der Waals surface area contributed by atoms with Crippen molar-refractivity contribution in [3.05, 3.63) is 56.0 Å². The van der Waals surface area contributed by atoms with E-state index in [2.05, 4.69) is 0 Å². The lowest BCUT2D eigenvalue weighted by molar-refractivity contribution is -0.156. The second-order valence-electron chi connectivity index (χ2n) is 16.1. The topological polar surface area (TPSA) is 298 Å². The predicted octanol–water partition coefficient (Wildman–Crippen LogP) is 4.95. The molecule has 0 unspecified atom stereocenters. The minimum atomic E-state index is -1.87. The molecule has 0 aliphatic heterocycles. The van der Waals surface area contributed by atoms with Gasteiger partial charge in [-0.1, -0.05) is 13.8 Å². The van der Waals surface area contributed by atoms with Crippen LogP contribution in [0, 0.1) is 22.7 Å². The predicted molar refractivity (Wildman–Crippen MR) is 207 cm³/mol. The number of allylic oxidation sites excluding steroid dienone is 3. The number of aliphatic hydroxyl groups excluding tert-OH is 2. The van der Waals surface area contributed by atoms with Crippen LogP contribution >= 0.6 is 0 Å². The van der Waals surface area contributed by atoms with Gasteiger partial charge in [0.15, 0.2) is 40.5 Å². The number of benzene rings is 2. The molecule has 0 saturated heterocycles. The molecule has 0 aromatic heterocycles. The molecule has 2 aliphatic carbocycles. The fraction of sp³-hybridized carbons (Fsp3) is 0.442. The Balaban J connectivity index is 2.06. The number of Topliss-reactive ketones (excluding diaryl/α,β-unsaturated/α-hetero) is 8. The third-order valence-electron chi connectivity index (χ3n) is 11.3. The van der Waals surface area contributed by atoms with Crippen LogP contribution < -0.4 is 0 Å². The summed E-state index contributed by atoms with van der Waals surface area (Å²) in [7, 11) is 0. The zero-order chi connectivity index (χ0) is 45.0. The Morgan fingerprint density at radius 3 is 1.42 bits per heavy atom. The van der Waals surface area contributed by atoms with Gasteiger partial charge in [-0.2, -0.15) is 0 Å². The molecule has 316 valence electrons. The summed E-state index contributed by atoms with van der Waals surface area (Å²) in [6.07, 6.45) is -2.96. The van der Waals surface area contributed by atoms with Gasteiger partial charge in [0.05, 0.1) is 16.7 Å². The van der Waals surface area contributed by atoms with Crippen LogP contribution in [0.5, 0.6) is 34.5 Å². The van der Waals surface area contributed by atoms with Crippen LogP contribution in [0.15, 0.2) is 22.7 Å². The van der Waals surface area contributed by atoms with E-state index in [4.69, 9.17) is 0 Å². The van der Waals surface area contributed by atoms with Crippen LogP contribution in [0.25, 0.3) is 0 Å². The van der Waals surface area contributed by atoms with Crippen molar-refractivity contribution in [3.8, 4) is 34.5 Å². The molecular weight excluding hydrogens is 772 g/mol. The van der Waals surface area contributed by atoms with Gasteiger partial charge in [-0.15, -0.1) is 0 Å². The second kappa shape index (κ2) is 16.1. The van der Waals surface area contributed by atoms with Gasteiger partial charge >= 0.3 is 0 Å². The SMILES string of the molecule is CCCC(=O)c1c(O)c(CC2=C(O)C(C)(C)C(=O)C(C(C)=O)=C2O)c(O)c(Cc2c(O)c(C[C@H]3C(=O)[C@H](C(C)=O)C(=O)C(C)(C)C3=O)c(O)c(C(=O)CCC)c2O)c1O. The van der Waals surface area contributed by atoms with E-state index >= 15 is 0 Å². The molecule has 2 aromatic rings. The number of rotatable bonds is 14. The summed E-state index contributed by atoms with van der Waals surface area (Å²) in [6.45, 7) is 10.1. The van der Waals surface area contributed by atoms with E-state index in [1.54, 1.807) is 13.8 Å². The first-order chi connectivity index (χ1) is 27.2. The van der Waals surface area contributed by atoms with E-state index in [-0.39, 0.29) is 25.7 Å². The first-order valence-electron chi connectivity index (χ1n) is 18.9. The molecule has 8 N–H and O–H groups in total. The summed E-state index contributed by atoms with van der Waals surface area (Å²) in [6, 6.07) is 0. The molecule has 16 heteroatoms. The minimum absolute atomic E-state index is 0.184.